The number of carbonyl (C=O) groups is 1. The van der Waals surface area contributed by atoms with Crippen LogP contribution >= 0.6 is 11.3 Å². The van der Waals surface area contributed by atoms with Crippen LogP contribution in [0.15, 0.2) is 42.7 Å². The second-order valence-corrected chi connectivity index (χ2v) is 8.10. The second-order valence-electron chi connectivity index (χ2n) is 7.02. The number of benzene rings is 1. The topological polar surface area (TPSA) is 71.8 Å². The molecule has 4 rings (SSSR count). The molecule has 8 heteroatoms. The highest BCUT2D eigenvalue weighted by Crippen LogP contribution is 2.31. The van der Waals surface area contributed by atoms with Crippen LogP contribution in [0.4, 0.5) is 9.52 Å². The molecule has 0 atom stereocenters. The number of nitrogens with zero attached hydrogens (tertiary/aromatic N) is 3. The molecular weight excluding hydrogens is 377 g/mol. The van der Waals surface area contributed by atoms with Gasteiger partial charge in [-0.3, -0.25) is 14.8 Å². The van der Waals surface area contributed by atoms with E-state index in [2.05, 4.69) is 20.7 Å². The lowest BCUT2D eigenvalue weighted by Gasteiger charge is -2.36. The molecule has 1 aromatic carbocycles. The Morgan fingerprint density at radius 3 is 2.89 bits per heavy atom. The minimum Gasteiger partial charge on any atom is -0.317 e. The Labute approximate surface area is 166 Å². The molecule has 2 aromatic heterocycles. The monoisotopic (exact) mass is 399 g/mol. The molecule has 0 aliphatic carbocycles. The van der Waals surface area contributed by atoms with E-state index < -0.39 is 5.54 Å². The summed E-state index contributed by atoms with van der Waals surface area (Å²) in [6.07, 6.45) is 5.46. The summed E-state index contributed by atoms with van der Waals surface area (Å²) >= 11 is 1.44. The van der Waals surface area contributed by atoms with Gasteiger partial charge in [0.1, 0.15) is 11.4 Å². The predicted molar refractivity (Wildman–Crippen MR) is 107 cm³/mol. The van der Waals surface area contributed by atoms with Crippen molar-refractivity contribution < 1.29 is 9.18 Å². The van der Waals surface area contributed by atoms with Gasteiger partial charge in [-0.2, -0.15) is 5.10 Å². The van der Waals surface area contributed by atoms with E-state index in [0.29, 0.717) is 24.4 Å². The first-order valence-corrected chi connectivity index (χ1v) is 10.1. The Bertz CT molecular complexity index is 963. The molecule has 0 spiro atoms. The third kappa shape index (κ3) is 3.70. The number of rotatable bonds is 5. The maximum absolute atomic E-state index is 13.4. The third-order valence-electron chi connectivity index (χ3n) is 5.16. The smallest absolute Gasteiger partial charge is 0.254 e. The highest BCUT2D eigenvalue weighted by atomic mass is 32.1. The maximum Gasteiger partial charge on any atom is 0.254 e. The van der Waals surface area contributed by atoms with Gasteiger partial charge < -0.3 is 5.32 Å². The molecule has 1 amide bonds. The van der Waals surface area contributed by atoms with E-state index in [0.717, 1.165) is 29.2 Å². The lowest BCUT2D eigenvalue weighted by Crippen LogP contribution is -2.52. The molecule has 1 aliphatic heterocycles. The predicted octanol–water partition coefficient (Wildman–Crippen LogP) is 3.10. The van der Waals surface area contributed by atoms with E-state index in [1.807, 2.05) is 25.3 Å². The maximum atomic E-state index is 13.4. The van der Waals surface area contributed by atoms with Gasteiger partial charge in [0.15, 0.2) is 5.13 Å². The molecule has 2 N–H and O–H groups in total. The van der Waals surface area contributed by atoms with Gasteiger partial charge >= 0.3 is 0 Å². The number of thiazole rings is 1. The van der Waals surface area contributed by atoms with Crippen LogP contribution in [0.1, 0.15) is 29.0 Å². The van der Waals surface area contributed by atoms with E-state index >= 15 is 0 Å². The number of halogens is 1. The number of hydrogen-bond donors (Lipinski definition) is 2. The van der Waals surface area contributed by atoms with E-state index in [9.17, 15) is 9.18 Å². The number of carbonyl (C=O) groups excluding carboxylic acids is 1. The van der Waals surface area contributed by atoms with Crippen molar-refractivity contribution >= 4 is 22.4 Å². The van der Waals surface area contributed by atoms with Crippen molar-refractivity contribution in [1.29, 1.82) is 0 Å². The van der Waals surface area contributed by atoms with Gasteiger partial charge in [0.2, 0.25) is 0 Å². The van der Waals surface area contributed by atoms with Crippen LogP contribution in [-0.4, -0.2) is 33.8 Å². The molecule has 0 saturated carbocycles. The summed E-state index contributed by atoms with van der Waals surface area (Å²) in [5, 5.41) is 11.2. The van der Waals surface area contributed by atoms with Crippen molar-refractivity contribution in [3.05, 3.63) is 64.7 Å². The van der Waals surface area contributed by atoms with Gasteiger partial charge in [-0.15, -0.1) is 11.3 Å². The van der Waals surface area contributed by atoms with E-state index in [4.69, 9.17) is 0 Å². The number of nitrogens with one attached hydrogen (secondary N) is 2. The van der Waals surface area contributed by atoms with Crippen LogP contribution in [0.3, 0.4) is 0 Å². The summed E-state index contributed by atoms with van der Waals surface area (Å²) in [4.78, 5) is 18.8. The lowest BCUT2D eigenvalue weighted by atomic mass is 9.87. The Hall–Kier alpha value is -2.58. The lowest BCUT2D eigenvalue weighted by molar-refractivity contribution is -0.126. The molecule has 0 unspecified atom stereocenters. The number of amides is 1. The van der Waals surface area contributed by atoms with Crippen LogP contribution in [0.2, 0.25) is 0 Å². The van der Waals surface area contributed by atoms with Crippen LogP contribution in [0.25, 0.3) is 0 Å². The second kappa shape index (κ2) is 7.81. The first kappa shape index (κ1) is 18.8. The Balaban J connectivity index is 1.54. The van der Waals surface area contributed by atoms with E-state index in [-0.39, 0.29) is 11.7 Å². The van der Waals surface area contributed by atoms with Gasteiger partial charge in [0, 0.05) is 23.7 Å². The number of aryl methyl sites for hydroxylation is 1. The SMILES string of the molecule is Cc1nc(NC(=O)C2(n3cccn3)CCNCC2)sc1Cc1cccc(F)c1. The summed E-state index contributed by atoms with van der Waals surface area (Å²) in [5.74, 6) is -0.343. The normalized spacial score (nSPS) is 16.1. The molecule has 1 saturated heterocycles. The first-order valence-electron chi connectivity index (χ1n) is 9.30. The van der Waals surface area contributed by atoms with Crippen molar-refractivity contribution in [1.82, 2.24) is 20.1 Å². The Kier molecular flexibility index (Phi) is 5.23. The van der Waals surface area contributed by atoms with Crippen molar-refractivity contribution in [2.75, 3.05) is 18.4 Å². The third-order valence-corrected chi connectivity index (χ3v) is 6.24. The van der Waals surface area contributed by atoms with Crippen molar-refractivity contribution in [2.45, 2.75) is 31.7 Å². The molecular formula is C20H22FN5OS. The number of hydrogen-bond acceptors (Lipinski definition) is 5. The summed E-state index contributed by atoms with van der Waals surface area (Å²) in [5.41, 5.74) is 1.02. The molecule has 1 fully saturated rings. The fourth-order valence-corrected chi connectivity index (χ4v) is 4.61. The molecule has 0 radical (unpaired) electrons. The molecule has 0 bridgehead atoms. The number of anilines is 1. The molecule has 6 nitrogen and oxygen atoms in total. The Morgan fingerprint density at radius 1 is 1.36 bits per heavy atom. The zero-order valence-corrected chi connectivity index (χ0v) is 16.4. The average molecular weight is 399 g/mol. The van der Waals surface area contributed by atoms with Gasteiger partial charge in [0.25, 0.3) is 5.91 Å². The molecule has 1 aliphatic rings. The van der Waals surface area contributed by atoms with E-state index in [1.165, 1.54) is 23.5 Å². The van der Waals surface area contributed by atoms with Gasteiger partial charge in [-0.05, 0) is 56.6 Å². The summed E-state index contributed by atoms with van der Waals surface area (Å²) in [6, 6.07) is 8.39. The zero-order valence-electron chi connectivity index (χ0n) is 15.6. The molecule has 28 heavy (non-hydrogen) atoms. The Morgan fingerprint density at radius 2 is 2.18 bits per heavy atom. The summed E-state index contributed by atoms with van der Waals surface area (Å²) in [7, 11) is 0. The quantitative estimate of drug-likeness (QED) is 0.692. The fraction of sp³-hybridized carbons (Fsp3) is 0.350. The standard InChI is InChI=1S/C20H22FN5OS/c1-14-17(13-15-4-2-5-16(21)12-15)28-19(24-14)25-18(27)20(6-9-22-10-7-20)26-11-3-8-23-26/h2-5,8,11-12,22H,6-7,9-10,13H2,1H3,(H,24,25,27). The number of aromatic nitrogens is 3. The summed E-state index contributed by atoms with van der Waals surface area (Å²) in [6.45, 7) is 3.43. The first-order chi connectivity index (χ1) is 13.6. The van der Waals surface area contributed by atoms with E-state index in [1.54, 1.807) is 16.9 Å². The number of piperidine rings is 1. The fourth-order valence-electron chi connectivity index (χ4n) is 3.61. The minimum atomic E-state index is -0.711. The molecule has 146 valence electrons. The molecule has 3 aromatic rings. The van der Waals surface area contributed by atoms with Crippen molar-refractivity contribution in [3.63, 3.8) is 0 Å². The summed E-state index contributed by atoms with van der Waals surface area (Å²) < 4.78 is 15.2. The molecule has 3 heterocycles. The zero-order chi connectivity index (χ0) is 19.6. The van der Waals surface area contributed by atoms with Gasteiger partial charge in [-0.1, -0.05) is 12.1 Å². The van der Waals surface area contributed by atoms with Crippen LogP contribution in [0, 0.1) is 12.7 Å². The highest BCUT2D eigenvalue weighted by Gasteiger charge is 2.42. The van der Waals surface area contributed by atoms with Gasteiger partial charge in [-0.25, -0.2) is 9.37 Å². The van der Waals surface area contributed by atoms with Crippen LogP contribution in [0.5, 0.6) is 0 Å². The van der Waals surface area contributed by atoms with Crippen molar-refractivity contribution in [3.8, 4) is 0 Å². The van der Waals surface area contributed by atoms with Crippen LogP contribution in [-0.2, 0) is 16.8 Å². The highest BCUT2D eigenvalue weighted by molar-refractivity contribution is 7.15. The van der Waals surface area contributed by atoms with Gasteiger partial charge in [0.05, 0.1) is 5.69 Å². The average Bonchev–Trinajstić information content (AvgIpc) is 3.33. The minimum absolute atomic E-state index is 0.0937. The van der Waals surface area contributed by atoms with Crippen LogP contribution < -0.4 is 10.6 Å². The largest absolute Gasteiger partial charge is 0.317 e. The van der Waals surface area contributed by atoms with Crippen molar-refractivity contribution in [2.24, 2.45) is 0 Å².